The molecule has 0 spiro atoms. The van der Waals surface area contributed by atoms with Crippen molar-refractivity contribution in [3.8, 4) is 6.07 Å². The van der Waals surface area contributed by atoms with E-state index in [9.17, 15) is 0 Å². The lowest BCUT2D eigenvalue weighted by atomic mass is 10.1. The first-order valence-electron chi connectivity index (χ1n) is 5.89. The topological polar surface area (TPSA) is 40.2 Å². The summed E-state index contributed by atoms with van der Waals surface area (Å²) in [5.74, 6) is 0.974. The molecule has 92 valence electrons. The molecule has 1 aromatic carbocycles. The maximum atomic E-state index is 8.74. The number of nitriles is 1. The van der Waals surface area contributed by atoms with Crippen molar-refractivity contribution in [3.63, 3.8) is 0 Å². The summed E-state index contributed by atoms with van der Waals surface area (Å²) in [7, 11) is 2.07. The molecule has 0 bridgehead atoms. The van der Waals surface area contributed by atoms with Crippen molar-refractivity contribution < 1.29 is 4.42 Å². The summed E-state index contributed by atoms with van der Waals surface area (Å²) in [6, 6.07) is 11.8. The summed E-state index contributed by atoms with van der Waals surface area (Å²) >= 11 is 0. The van der Waals surface area contributed by atoms with Crippen molar-refractivity contribution in [2.45, 2.75) is 20.0 Å². The summed E-state index contributed by atoms with van der Waals surface area (Å²) in [6.07, 6.45) is 1.72. The predicted octanol–water partition coefficient (Wildman–Crippen LogP) is 3.09. The molecule has 0 saturated heterocycles. The van der Waals surface area contributed by atoms with E-state index in [-0.39, 0.29) is 0 Å². The van der Waals surface area contributed by atoms with E-state index in [4.69, 9.17) is 9.68 Å². The van der Waals surface area contributed by atoms with Gasteiger partial charge in [-0.15, -0.1) is 0 Å². The van der Waals surface area contributed by atoms with Crippen molar-refractivity contribution in [2.75, 3.05) is 7.05 Å². The maximum Gasteiger partial charge on any atom is 0.105 e. The molecule has 0 N–H and O–H groups in total. The number of benzene rings is 1. The highest BCUT2D eigenvalue weighted by molar-refractivity contribution is 5.31. The molecule has 3 nitrogen and oxygen atoms in total. The van der Waals surface area contributed by atoms with Crippen LogP contribution >= 0.6 is 0 Å². The van der Waals surface area contributed by atoms with E-state index < -0.39 is 0 Å². The van der Waals surface area contributed by atoms with Crippen LogP contribution in [0.4, 0.5) is 0 Å². The number of hydrogen-bond acceptors (Lipinski definition) is 3. The fourth-order valence-corrected chi connectivity index (χ4v) is 1.92. The van der Waals surface area contributed by atoms with Crippen molar-refractivity contribution in [1.82, 2.24) is 4.90 Å². The zero-order valence-electron chi connectivity index (χ0n) is 10.7. The van der Waals surface area contributed by atoms with Crippen LogP contribution in [0.2, 0.25) is 0 Å². The molecule has 3 heteroatoms. The molecular formula is C15H16N2O. The molecular weight excluding hydrogens is 224 g/mol. The second-order valence-corrected chi connectivity index (χ2v) is 4.48. The zero-order chi connectivity index (χ0) is 13.0. The van der Waals surface area contributed by atoms with E-state index in [1.54, 1.807) is 6.26 Å². The molecule has 0 amide bonds. The van der Waals surface area contributed by atoms with Crippen molar-refractivity contribution in [2.24, 2.45) is 0 Å². The SMILES string of the molecule is Cc1occc1CN(C)Cc1ccc(C#N)cc1. The summed E-state index contributed by atoms with van der Waals surface area (Å²) in [6.45, 7) is 3.70. The Labute approximate surface area is 107 Å². The van der Waals surface area contributed by atoms with E-state index in [2.05, 4.69) is 18.0 Å². The normalized spacial score (nSPS) is 10.6. The molecule has 0 radical (unpaired) electrons. The van der Waals surface area contributed by atoms with Crippen LogP contribution in [-0.4, -0.2) is 11.9 Å². The Morgan fingerprint density at radius 3 is 2.44 bits per heavy atom. The van der Waals surface area contributed by atoms with Crippen LogP contribution in [0.3, 0.4) is 0 Å². The van der Waals surface area contributed by atoms with Gasteiger partial charge in [-0.05, 0) is 37.7 Å². The van der Waals surface area contributed by atoms with Crippen LogP contribution in [0.25, 0.3) is 0 Å². The van der Waals surface area contributed by atoms with Crippen LogP contribution < -0.4 is 0 Å². The number of nitrogens with zero attached hydrogens (tertiary/aromatic N) is 2. The Morgan fingerprint density at radius 1 is 1.17 bits per heavy atom. The third kappa shape index (κ3) is 2.99. The minimum Gasteiger partial charge on any atom is -0.469 e. The Balaban J connectivity index is 1.97. The zero-order valence-corrected chi connectivity index (χ0v) is 10.7. The fraction of sp³-hybridized carbons (Fsp3) is 0.267. The van der Waals surface area contributed by atoms with Gasteiger partial charge in [-0.1, -0.05) is 12.1 Å². The second kappa shape index (κ2) is 5.52. The van der Waals surface area contributed by atoms with Gasteiger partial charge in [0.2, 0.25) is 0 Å². The van der Waals surface area contributed by atoms with Gasteiger partial charge < -0.3 is 4.42 Å². The highest BCUT2D eigenvalue weighted by Gasteiger charge is 2.06. The van der Waals surface area contributed by atoms with Gasteiger partial charge >= 0.3 is 0 Å². The minimum atomic E-state index is 0.701. The lowest BCUT2D eigenvalue weighted by Gasteiger charge is -2.16. The summed E-state index contributed by atoms with van der Waals surface area (Å²) < 4.78 is 5.28. The molecule has 0 fully saturated rings. The molecule has 0 atom stereocenters. The van der Waals surface area contributed by atoms with E-state index in [0.29, 0.717) is 5.56 Å². The lowest BCUT2D eigenvalue weighted by molar-refractivity contribution is 0.316. The monoisotopic (exact) mass is 240 g/mol. The smallest absolute Gasteiger partial charge is 0.105 e. The third-order valence-electron chi connectivity index (χ3n) is 2.94. The third-order valence-corrected chi connectivity index (χ3v) is 2.94. The van der Waals surface area contributed by atoms with Gasteiger partial charge in [0.1, 0.15) is 5.76 Å². The molecule has 0 aliphatic rings. The Hall–Kier alpha value is -2.05. The van der Waals surface area contributed by atoms with Crippen molar-refractivity contribution in [1.29, 1.82) is 5.26 Å². The van der Waals surface area contributed by atoms with E-state index >= 15 is 0 Å². The second-order valence-electron chi connectivity index (χ2n) is 4.48. The summed E-state index contributed by atoms with van der Waals surface area (Å²) in [5, 5.41) is 8.74. The van der Waals surface area contributed by atoms with Crippen molar-refractivity contribution in [3.05, 3.63) is 59.0 Å². The predicted molar refractivity (Wildman–Crippen MR) is 69.8 cm³/mol. The van der Waals surface area contributed by atoms with Crippen LogP contribution in [-0.2, 0) is 13.1 Å². The van der Waals surface area contributed by atoms with Gasteiger partial charge in [0.25, 0.3) is 0 Å². The summed E-state index contributed by atoms with van der Waals surface area (Å²) in [5.41, 5.74) is 3.12. The first-order valence-corrected chi connectivity index (χ1v) is 5.89. The molecule has 0 unspecified atom stereocenters. The average Bonchev–Trinajstić information content (AvgIpc) is 2.76. The quantitative estimate of drug-likeness (QED) is 0.824. The number of hydrogen-bond donors (Lipinski definition) is 0. The van der Waals surface area contributed by atoms with Crippen LogP contribution in [0, 0.1) is 18.3 Å². The molecule has 1 aromatic heterocycles. The Kier molecular flexibility index (Phi) is 3.81. The fourth-order valence-electron chi connectivity index (χ4n) is 1.92. The minimum absolute atomic E-state index is 0.701. The Morgan fingerprint density at radius 2 is 1.89 bits per heavy atom. The van der Waals surface area contributed by atoms with Gasteiger partial charge in [-0.2, -0.15) is 5.26 Å². The molecule has 2 aromatic rings. The van der Waals surface area contributed by atoms with Gasteiger partial charge in [0, 0.05) is 18.7 Å². The molecule has 2 rings (SSSR count). The first-order chi connectivity index (χ1) is 8.69. The van der Waals surface area contributed by atoms with Crippen LogP contribution in [0.15, 0.2) is 41.0 Å². The maximum absolute atomic E-state index is 8.74. The number of rotatable bonds is 4. The van der Waals surface area contributed by atoms with Crippen LogP contribution in [0.1, 0.15) is 22.5 Å². The lowest BCUT2D eigenvalue weighted by Crippen LogP contribution is -2.17. The highest BCUT2D eigenvalue weighted by Crippen LogP contribution is 2.13. The van der Waals surface area contributed by atoms with Crippen LogP contribution in [0.5, 0.6) is 0 Å². The van der Waals surface area contributed by atoms with E-state index in [1.165, 1.54) is 11.1 Å². The largest absolute Gasteiger partial charge is 0.469 e. The van der Waals surface area contributed by atoms with Gasteiger partial charge in [-0.25, -0.2) is 0 Å². The summed E-state index contributed by atoms with van der Waals surface area (Å²) in [4.78, 5) is 2.22. The van der Waals surface area contributed by atoms with Crippen molar-refractivity contribution >= 4 is 0 Å². The number of aryl methyl sites for hydroxylation is 1. The first kappa shape index (κ1) is 12.4. The van der Waals surface area contributed by atoms with Gasteiger partial charge in [0.05, 0.1) is 17.9 Å². The van der Waals surface area contributed by atoms with Gasteiger partial charge in [-0.3, -0.25) is 4.90 Å². The standard InChI is InChI=1S/C15H16N2O/c1-12-15(7-8-18-12)11-17(2)10-14-5-3-13(9-16)4-6-14/h3-8H,10-11H2,1-2H3. The number of furan rings is 1. The highest BCUT2D eigenvalue weighted by atomic mass is 16.3. The average molecular weight is 240 g/mol. The van der Waals surface area contributed by atoms with E-state index in [0.717, 1.165) is 18.8 Å². The molecule has 18 heavy (non-hydrogen) atoms. The molecule has 0 aliphatic carbocycles. The molecule has 0 aliphatic heterocycles. The molecule has 1 heterocycles. The van der Waals surface area contributed by atoms with Gasteiger partial charge in [0.15, 0.2) is 0 Å². The Bertz CT molecular complexity index is 549. The molecule has 0 saturated carbocycles. The van der Waals surface area contributed by atoms with E-state index in [1.807, 2.05) is 37.3 Å².